The summed E-state index contributed by atoms with van der Waals surface area (Å²) in [5.74, 6) is 0.541. The van der Waals surface area contributed by atoms with Gasteiger partial charge in [0.1, 0.15) is 11.4 Å². The van der Waals surface area contributed by atoms with Gasteiger partial charge in [-0.3, -0.25) is 0 Å². The second kappa shape index (κ2) is 6.73. The summed E-state index contributed by atoms with van der Waals surface area (Å²) in [5, 5.41) is 9.33. The van der Waals surface area contributed by atoms with E-state index in [2.05, 4.69) is 16.8 Å². The Hall–Kier alpha value is -1.58. The van der Waals surface area contributed by atoms with Gasteiger partial charge in [0.25, 0.3) is 0 Å². The highest BCUT2D eigenvalue weighted by Crippen LogP contribution is 2.26. The van der Waals surface area contributed by atoms with Gasteiger partial charge in [-0.15, -0.1) is 0 Å². The van der Waals surface area contributed by atoms with Crippen LogP contribution in [0.15, 0.2) is 12.1 Å². The molecule has 0 radical (unpaired) electrons. The quantitative estimate of drug-likeness (QED) is 0.914. The van der Waals surface area contributed by atoms with Crippen LogP contribution < -0.4 is 4.90 Å². The Morgan fingerprint density at radius 3 is 2.90 bits per heavy atom. The summed E-state index contributed by atoms with van der Waals surface area (Å²) in [6, 6.07) is 3.44. The Morgan fingerprint density at radius 1 is 1.40 bits per heavy atom. The van der Waals surface area contributed by atoms with Crippen LogP contribution in [0.5, 0.6) is 0 Å². The summed E-state index contributed by atoms with van der Waals surface area (Å²) in [6.45, 7) is 5.97. The molecule has 1 saturated heterocycles. The van der Waals surface area contributed by atoms with E-state index >= 15 is 0 Å². The van der Waals surface area contributed by atoms with Crippen molar-refractivity contribution >= 4 is 11.8 Å². The number of rotatable bonds is 4. The minimum atomic E-state index is -0.887. The predicted octanol–water partition coefficient (Wildman–Crippen LogP) is 3.49. The van der Waals surface area contributed by atoms with E-state index in [4.69, 9.17) is 0 Å². The number of aromatic carboxylic acids is 1. The molecule has 0 amide bonds. The van der Waals surface area contributed by atoms with Gasteiger partial charge in [0.15, 0.2) is 0 Å². The van der Waals surface area contributed by atoms with Crippen molar-refractivity contribution in [3.05, 3.63) is 23.4 Å². The zero-order chi connectivity index (χ0) is 14.5. The van der Waals surface area contributed by atoms with E-state index in [0.29, 0.717) is 11.4 Å². The Bertz CT molecular complexity index is 474. The lowest BCUT2D eigenvalue weighted by Crippen LogP contribution is -2.27. The van der Waals surface area contributed by atoms with E-state index in [-0.39, 0.29) is 0 Å². The van der Waals surface area contributed by atoms with Crippen LogP contribution in [0.3, 0.4) is 0 Å². The van der Waals surface area contributed by atoms with Gasteiger partial charge in [-0.25, -0.2) is 9.78 Å². The molecule has 0 spiro atoms. The zero-order valence-electron chi connectivity index (χ0n) is 12.4. The first-order valence-electron chi connectivity index (χ1n) is 7.57. The molecule has 0 aromatic carbocycles. The molecule has 1 aliphatic heterocycles. The normalized spacial score (nSPS) is 19.7. The maximum atomic E-state index is 11.4. The molecule has 1 aromatic rings. The van der Waals surface area contributed by atoms with E-state index < -0.39 is 5.97 Å². The molecule has 0 saturated carbocycles. The van der Waals surface area contributed by atoms with Crippen molar-refractivity contribution in [3.8, 4) is 0 Å². The lowest BCUT2D eigenvalue weighted by atomic mass is 9.96. The second-order valence-corrected chi connectivity index (χ2v) is 5.70. The maximum Gasteiger partial charge on any atom is 0.339 e. The number of pyridine rings is 1. The summed E-state index contributed by atoms with van der Waals surface area (Å²) in [4.78, 5) is 18.0. The summed E-state index contributed by atoms with van der Waals surface area (Å²) in [5.41, 5.74) is 1.20. The maximum absolute atomic E-state index is 11.4. The first kappa shape index (κ1) is 14.8. The zero-order valence-corrected chi connectivity index (χ0v) is 12.4. The van der Waals surface area contributed by atoms with E-state index in [9.17, 15) is 9.90 Å². The smallest absolute Gasteiger partial charge is 0.339 e. The number of hydrogen-bond acceptors (Lipinski definition) is 3. The average molecular weight is 276 g/mol. The second-order valence-electron chi connectivity index (χ2n) is 5.70. The van der Waals surface area contributed by atoms with Crippen LogP contribution in [0.4, 0.5) is 5.82 Å². The van der Waals surface area contributed by atoms with Crippen LogP contribution in [0.1, 0.15) is 55.1 Å². The first-order chi connectivity index (χ1) is 9.61. The fourth-order valence-electron chi connectivity index (χ4n) is 3.03. The highest BCUT2D eigenvalue weighted by Gasteiger charge is 2.21. The Balaban J connectivity index is 2.18. The molecule has 2 rings (SSSR count). The van der Waals surface area contributed by atoms with Crippen LogP contribution in [0.2, 0.25) is 0 Å². The number of aryl methyl sites for hydroxylation is 1. The molecule has 1 aliphatic rings. The average Bonchev–Trinajstić information content (AvgIpc) is 2.64. The number of hydrogen-bond donors (Lipinski definition) is 1. The lowest BCUT2D eigenvalue weighted by molar-refractivity contribution is 0.0697. The van der Waals surface area contributed by atoms with E-state index in [1.54, 1.807) is 12.1 Å². The highest BCUT2D eigenvalue weighted by atomic mass is 16.4. The molecule has 20 heavy (non-hydrogen) atoms. The molecule has 4 nitrogen and oxygen atoms in total. The predicted molar refractivity (Wildman–Crippen MR) is 80.4 cm³/mol. The molecule has 1 N–H and O–H groups in total. The van der Waals surface area contributed by atoms with Gasteiger partial charge in [-0.1, -0.05) is 19.8 Å². The molecule has 0 aliphatic carbocycles. The van der Waals surface area contributed by atoms with Crippen molar-refractivity contribution in [1.29, 1.82) is 0 Å². The molecule has 1 aromatic heterocycles. The number of aromatic nitrogens is 1. The molecule has 1 unspecified atom stereocenters. The molecular formula is C16H24N2O2. The van der Waals surface area contributed by atoms with Gasteiger partial charge in [0.2, 0.25) is 0 Å². The number of carboxylic acid groups (broad SMARTS) is 1. The number of nitrogens with zero attached hydrogens (tertiary/aromatic N) is 2. The SMILES string of the molecule is CCCC1CCCN(c2nc(C)ccc2C(=O)O)CC1. The topological polar surface area (TPSA) is 53.4 Å². The Labute approximate surface area is 120 Å². The third kappa shape index (κ3) is 3.50. The van der Waals surface area contributed by atoms with Crippen LogP contribution in [-0.4, -0.2) is 29.1 Å². The number of carbonyl (C=O) groups is 1. The molecule has 2 heterocycles. The fraction of sp³-hybridized carbons (Fsp3) is 0.625. The van der Waals surface area contributed by atoms with E-state index in [1.807, 2.05) is 6.92 Å². The summed E-state index contributed by atoms with van der Waals surface area (Å²) in [7, 11) is 0. The summed E-state index contributed by atoms with van der Waals surface area (Å²) >= 11 is 0. The van der Waals surface area contributed by atoms with E-state index in [0.717, 1.165) is 37.5 Å². The van der Waals surface area contributed by atoms with Gasteiger partial charge >= 0.3 is 5.97 Å². The van der Waals surface area contributed by atoms with Crippen molar-refractivity contribution in [2.45, 2.75) is 46.0 Å². The molecule has 4 heteroatoms. The molecule has 110 valence electrons. The fourth-order valence-corrected chi connectivity index (χ4v) is 3.03. The van der Waals surface area contributed by atoms with Gasteiger partial charge in [0, 0.05) is 18.8 Å². The Kier molecular flexibility index (Phi) is 4.99. The molecule has 0 bridgehead atoms. The Morgan fingerprint density at radius 2 is 2.20 bits per heavy atom. The van der Waals surface area contributed by atoms with Crippen LogP contribution in [0.25, 0.3) is 0 Å². The molecule has 1 fully saturated rings. The van der Waals surface area contributed by atoms with Crippen molar-refractivity contribution in [2.75, 3.05) is 18.0 Å². The van der Waals surface area contributed by atoms with Gasteiger partial charge in [0.05, 0.1) is 0 Å². The van der Waals surface area contributed by atoms with Gasteiger partial charge < -0.3 is 10.0 Å². The number of anilines is 1. The first-order valence-corrected chi connectivity index (χ1v) is 7.57. The monoisotopic (exact) mass is 276 g/mol. The van der Waals surface area contributed by atoms with Gasteiger partial charge in [-0.05, 0) is 44.2 Å². The van der Waals surface area contributed by atoms with Crippen molar-refractivity contribution in [1.82, 2.24) is 4.98 Å². The third-order valence-electron chi connectivity index (χ3n) is 4.09. The lowest BCUT2D eigenvalue weighted by Gasteiger charge is -2.23. The largest absolute Gasteiger partial charge is 0.478 e. The molecule has 1 atom stereocenters. The molecular weight excluding hydrogens is 252 g/mol. The van der Waals surface area contributed by atoms with E-state index in [1.165, 1.54) is 19.3 Å². The van der Waals surface area contributed by atoms with Crippen LogP contribution in [-0.2, 0) is 0 Å². The minimum Gasteiger partial charge on any atom is -0.478 e. The van der Waals surface area contributed by atoms with Crippen LogP contribution in [0, 0.1) is 12.8 Å². The standard InChI is InChI=1S/C16H24N2O2/c1-3-5-13-6-4-10-18(11-9-13)15-14(16(19)20)8-7-12(2)17-15/h7-8,13H,3-6,9-11H2,1-2H3,(H,19,20). The van der Waals surface area contributed by atoms with Crippen molar-refractivity contribution in [3.63, 3.8) is 0 Å². The van der Waals surface area contributed by atoms with Crippen LogP contribution >= 0.6 is 0 Å². The third-order valence-corrected chi connectivity index (χ3v) is 4.09. The summed E-state index contributed by atoms with van der Waals surface area (Å²) < 4.78 is 0. The number of carboxylic acids is 1. The van der Waals surface area contributed by atoms with Gasteiger partial charge in [-0.2, -0.15) is 0 Å². The summed E-state index contributed by atoms with van der Waals surface area (Å²) in [6.07, 6.45) is 6.02. The van der Waals surface area contributed by atoms with Crippen molar-refractivity contribution < 1.29 is 9.90 Å². The highest BCUT2D eigenvalue weighted by molar-refractivity contribution is 5.93. The van der Waals surface area contributed by atoms with Crippen molar-refractivity contribution in [2.24, 2.45) is 5.92 Å². The minimum absolute atomic E-state index is 0.324.